The van der Waals surface area contributed by atoms with Crippen LogP contribution in [0.5, 0.6) is 0 Å². The van der Waals surface area contributed by atoms with Crippen LogP contribution in [-0.2, 0) is 4.79 Å². The van der Waals surface area contributed by atoms with Crippen molar-refractivity contribution in [3.63, 3.8) is 0 Å². The van der Waals surface area contributed by atoms with E-state index < -0.39 is 0 Å². The molecule has 0 N–H and O–H groups in total. The van der Waals surface area contributed by atoms with Gasteiger partial charge in [0.05, 0.1) is 0 Å². The smallest absolute Gasteiger partial charge is 0.224 e. The number of carbonyl (C=O) groups is 1. The lowest BCUT2D eigenvalue weighted by atomic mass is 10.1. The third-order valence-corrected chi connectivity index (χ3v) is 1.58. The number of rotatable bonds is 3. The Labute approximate surface area is 75.4 Å². The largest absolute Gasteiger partial charge is 0.349 e. The molecule has 68 valence electrons. The highest BCUT2D eigenvalue weighted by Gasteiger charge is 2.12. The third kappa shape index (κ3) is 5.08. The molecule has 0 aromatic heterocycles. The molecule has 0 fully saturated rings. The lowest BCUT2D eigenvalue weighted by molar-refractivity contribution is -0.132. The molecule has 0 aromatic rings. The van der Waals surface area contributed by atoms with Crippen molar-refractivity contribution in [3.05, 3.63) is 0 Å². The summed E-state index contributed by atoms with van der Waals surface area (Å²) in [5, 5.41) is 0. The maximum absolute atomic E-state index is 11.2. The number of carbonyl (C=O) groups excluding carboxylic acids is 1. The van der Waals surface area contributed by atoms with E-state index in [0.29, 0.717) is 0 Å². The van der Waals surface area contributed by atoms with Gasteiger partial charge < -0.3 is 4.90 Å². The fourth-order valence-electron chi connectivity index (χ4n) is 0.997. The normalized spacial score (nSPS) is 11.6. The maximum atomic E-state index is 11.2. The molecule has 0 aliphatic carbocycles. The summed E-state index contributed by atoms with van der Waals surface area (Å²) in [4.78, 5) is 12.8. The molecule has 0 heterocycles. The van der Waals surface area contributed by atoms with Crippen LogP contribution in [0.3, 0.4) is 0 Å². The van der Waals surface area contributed by atoms with Crippen LogP contribution in [0.1, 0.15) is 26.7 Å². The van der Waals surface area contributed by atoms with E-state index in [-0.39, 0.29) is 24.2 Å². The fraction of sp³-hybridized carbons (Fsp3) is 0.875. The molecule has 0 spiro atoms. The topological polar surface area (TPSA) is 20.3 Å². The molecule has 0 aliphatic heterocycles. The molecule has 0 aromatic carbocycles. The van der Waals surface area contributed by atoms with Gasteiger partial charge in [0, 0.05) is 20.0 Å². The molecule has 0 saturated carbocycles. The summed E-state index contributed by atoms with van der Waals surface area (Å²) in [5.41, 5.74) is 0. The van der Waals surface area contributed by atoms with Gasteiger partial charge in [0.15, 0.2) is 0 Å². The lowest BCUT2D eigenvalue weighted by Gasteiger charge is -2.15. The highest BCUT2D eigenvalue weighted by molar-refractivity contribution is 5.85. The van der Waals surface area contributed by atoms with Gasteiger partial charge >= 0.3 is 0 Å². The van der Waals surface area contributed by atoms with Crippen molar-refractivity contribution < 1.29 is 4.79 Å². The zero-order chi connectivity index (χ0) is 8.15. The van der Waals surface area contributed by atoms with Gasteiger partial charge in [-0.25, -0.2) is 0 Å². The fourth-order valence-corrected chi connectivity index (χ4v) is 0.997. The highest BCUT2D eigenvalue weighted by Crippen LogP contribution is 2.06. The zero-order valence-corrected chi connectivity index (χ0v) is 8.57. The third-order valence-electron chi connectivity index (χ3n) is 1.58. The Morgan fingerprint density at radius 1 is 1.45 bits per heavy atom. The van der Waals surface area contributed by atoms with Crippen LogP contribution in [0.4, 0.5) is 0 Å². The van der Waals surface area contributed by atoms with E-state index in [1.165, 1.54) is 0 Å². The van der Waals surface area contributed by atoms with E-state index >= 15 is 0 Å². The van der Waals surface area contributed by atoms with Gasteiger partial charge in [0.1, 0.15) is 0 Å². The highest BCUT2D eigenvalue weighted by atomic mass is 35.5. The van der Waals surface area contributed by atoms with E-state index in [2.05, 4.69) is 6.92 Å². The number of halogens is 1. The van der Waals surface area contributed by atoms with Crippen LogP contribution in [-0.4, -0.2) is 24.9 Å². The minimum absolute atomic E-state index is 0. The van der Waals surface area contributed by atoms with Gasteiger partial charge in [0.25, 0.3) is 0 Å². The zero-order valence-electron chi connectivity index (χ0n) is 7.76. The van der Waals surface area contributed by atoms with Crippen molar-refractivity contribution in [1.82, 2.24) is 4.90 Å². The summed E-state index contributed by atoms with van der Waals surface area (Å²) in [6.45, 7) is 4.07. The Hall–Kier alpha value is -0.240. The average molecular weight is 180 g/mol. The second kappa shape index (κ2) is 6.47. The maximum Gasteiger partial charge on any atom is 0.224 e. The van der Waals surface area contributed by atoms with Gasteiger partial charge in [-0.2, -0.15) is 0 Å². The molecular weight excluding hydrogens is 162 g/mol. The van der Waals surface area contributed by atoms with Crippen LogP contribution in [0.25, 0.3) is 0 Å². The number of nitrogens with zero attached hydrogens (tertiary/aromatic N) is 1. The second-order valence-corrected chi connectivity index (χ2v) is 2.92. The molecule has 0 rings (SSSR count). The average Bonchev–Trinajstić information content (AvgIpc) is 1.87. The van der Waals surface area contributed by atoms with Gasteiger partial charge in [-0.1, -0.05) is 20.3 Å². The first-order chi connectivity index (χ1) is 4.59. The summed E-state index contributed by atoms with van der Waals surface area (Å²) in [5.74, 6) is 0.432. The van der Waals surface area contributed by atoms with Crippen LogP contribution in [0.15, 0.2) is 0 Å². The SMILES string of the molecule is CCCC(C)C(=O)N(C)C.Cl. The quantitative estimate of drug-likeness (QED) is 0.649. The molecule has 1 amide bonds. The van der Waals surface area contributed by atoms with Gasteiger partial charge in [-0.05, 0) is 6.42 Å². The first kappa shape index (κ1) is 13.4. The van der Waals surface area contributed by atoms with Crippen LogP contribution >= 0.6 is 12.4 Å². The first-order valence-electron chi connectivity index (χ1n) is 3.80. The molecule has 0 saturated heterocycles. The van der Waals surface area contributed by atoms with Crippen molar-refractivity contribution in [3.8, 4) is 0 Å². The molecule has 2 nitrogen and oxygen atoms in total. The second-order valence-electron chi connectivity index (χ2n) is 2.92. The Morgan fingerprint density at radius 2 is 1.91 bits per heavy atom. The van der Waals surface area contributed by atoms with Crippen LogP contribution < -0.4 is 0 Å². The van der Waals surface area contributed by atoms with Crippen LogP contribution in [0.2, 0.25) is 0 Å². The Morgan fingerprint density at radius 3 is 2.18 bits per heavy atom. The predicted molar refractivity (Wildman–Crippen MR) is 50.0 cm³/mol. The van der Waals surface area contributed by atoms with E-state index in [1.54, 1.807) is 19.0 Å². The van der Waals surface area contributed by atoms with Gasteiger partial charge in [-0.3, -0.25) is 4.79 Å². The first-order valence-corrected chi connectivity index (χ1v) is 3.80. The Balaban J connectivity index is 0. The van der Waals surface area contributed by atoms with E-state index in [1.807, 2.05) is 6.92 Å². The molecular formula is C8H18ClNO. The van der Waals surface area contributed by atoms with E-state index in [9.17, 15) is 4.79 Å². The Bertz CT molecular complexity index is 115. The summed E-state index contributed by atoms with van der Waals surface area (Å²) in [6.07, 6.45) is 2.08. The van der Waals surface area contributed by atoms with Crippen molar-refractivity contribution in [1.29, 1.82) is 0 Å². The number of hydrogen-bond donors (Lipinski definition) is 0. The van der Waals surface area contributed by atoms with Crippen molar-refractivity contribution in [2.75, 3.05) is 14.1 Å². The monoisotopic (exact) mass is 179 g/mol. The molecule has 1 atom stereocenters. The van der Waals surface area contributed by atoms with E-state index in [4.69, 9.17) is 0 Å². The van der Waals surface area contributed by atoms with Gasteiger partial charge in [-0.15, -0.1) is 12.4 Å². The standard InChI is InChI=1S/C8H17NO.ClH/c1-5-6-7(2)8(10)9(3)4;/h7H,5-6H2,1-4H3;1H. The van der Waals surface area contributed by atoms with Crippen molar-refractivity contribution >= 4 is 18.3 Å². The molecule has 11 heavy (non-hydrogen) atoms. The summed E-state index contributed by atoms with van der Waals surface area (Å²) in [6, 6.07) is 0. The molecule has 0 radical (unpaired) electrons. The minimum atomic E-state index is 0. The lowest BCUT2D eigenvalue weighted by Crippen LogP contribution is -2.27. The number of hydrogen-bond acceptors (Lipinski definition) is 1. The summed E-state index contributed by atoms with van der Waals surface area (Å²) < 4.78 is 0. The molecule has 0 bridgehead atoms. The van der Waals surface area contributed by atoms with Crippen LogP contribution in [0, 0.1) is 5.92 Å². The summed E-state index contributed by atoms with van der Waals surface area (Å²) in [7, 11) is 3.60. The van der Waals surface area contributed by atoms with Gasteiger partial charge in [0.2, 0.25) is 5.91 Å². The van der Waals surface area contributed by atoms with E-state index in [0.717, 1.165) is 12.8 Å². The Kier molecular flexibility index (Phi) is 7.85. The predicted octanol–water partition coefficient (Wildman–Crippen LogP) is 1.93. The van der Waals surface area contributed by atoms with Crippen molar-refractivity contribution in [2.24, 2.45) is 5.92 Å². The van der Waals surface area contributed by atoms with Crippen molar-refractivity contribution in [2.45, 2.75) is 26.7 Å². The summed E-state index contributed by atoms with van der Waals surface area (Å²) >= 11 is 0. The number of amides is 1. The molecule has 3 heteroatoms. The molecule has 1 unspecified atom stereocenters. The minimum Gasteiger partial charge on any atom is -0.349 e. The molecule has 0 aliphatic rings.